The first kappa shape index (κ1) is 19.4. The lowest BCUT2D eigenvalue weighted by atomic mass is 9.92. The number of thioether (sulfide) groups is 1. The molecule has 1 N–H and O–H groups in total. The number of hydrogen-bond acceptors (Lipinski definition) is 2. The second kappa shape index (κ2) is 8.48. The molecule has 0 fully saturated rings. The summed E-state index contributed by atoms with van der Waals surface area (Å²) in [6.45, 7) is 8.35. The fourth-order valence-electron chi connectivity index (χ4n) is 2.59. The summed E-state index contributed by atoms with van der Waals surface area (Å²) in [4.78, 5) is 12.9. The fraction of sp³-hybridized carbons (Fsp3) is 0.350. The summed E-state index contributed by atoms with van der Waals surface area (Å²) < 4.78 is 26.2. The van der Waals surface area contributed by atoms with Crippen molar-refractivity contribution in [3.63, 3.8) is 0 Å². The molecule has 2 nitrogen and oxygen atoms in total. The topological polar surface area (TPSA) is 29.1 Å². The van der Waals surface area contributed by atoms with Crippen molar-refractivity contribution in [1.29, 1.82) is 0 Å². The highest BCUT2D eigenvalue weighted by molar-refractivity contribution is 8.00. The van der Waals surface area contributed by atoms with E-state index in [0.29, 0.717) is 4.90 Å². The van der Waals surface area contributed by atoms with Crippen LogP contribution in [0.5, 0.6) is 0 Å². The van der Waals surface area contributed by atoms with Crippen molar-refractivity contribution in [2.24, 2.45) is 0 Å². The molecule has 2 aromatic carbocycles. The predicted molar refractivity (Wildman–Crippen MR) is 100 cm³/mol. The number of rotatable bonds is 6. The van der Waals surface area contributed by atoms with Crippen LogP contribution in [0.25, 0.3) is 0 Å². The summed E-state index contributed by atoms with van der Waals surface area (Å²) in [7, 11) is 0. The smallest absolute Gasteiger partial charge is 0.234 e. The van der Waals surface area contributed by atoms with Gasteiger partial charge in [0.15, 0.2) is 11.6 Å². The number of hydrogen-bond donors (Lipinski definition) is 1. The second-order valence-electron chi connectivity index (χ2n) is 6.53. The largest absolute Gasteiger partial charge is 0.325 e. The Morgan fingerprint density at radius 1 is 1.00 bits per heavy atom. The summed E-state index contributed by atoms with van der Waals surface area (Å²) >= 11 is 1.18. The first-order valence-electron chi connectivity index (χ1n) is 8.30. The lowest BCUT2D eigenvalue weighted by Crippen LogP contribution is -2.17. The van der Waals surface area contributed by atoms with Crippen molar-refractivity contribution in [3.05, 3.63) is 59.2 Å². The van der Waals surface area contributed by atoms with Gasteiger partial charge in [-0.15, -0.1) is 11.8 Å². The van der Waals surface area contributed by atoms with Gasteiger partial charge in [-0.2, -0.15) is 0 Å². The van der Waals surface area contributed by atoms with E-state index in [2.05, 4.69) is 33.0 Å². The zero-order valence-electron chi connectivity index (χ0n) is 14.9. The molecule has 2 rings (SSSR count). The molecular weight excluding hydrogens is 340 g/mol. The Bertz CT molecular complexity index is 733. The van der Waals surface area contributed by atoms with Gasteiger partial charge in [0.25, 0.3) is 0 Å². The van der Waals surface area contributed by atoms with Crippen LogP contribution in [0.3, 0.4) is 0 Å². The van der Waals surface area contributed by atoms with Crippen LogP contribution in [-0.2, 0) is 4.79 Å². The van der Waals surface area contributed by atoms with Crippen LogP contribution < -0.4 is 5.32 Å². The van der Waals surface area contributed by atoms with E-state index in [1.807, 2.05) is 18.2 Å². The minimum atomic E-state index is -0.905. The van der Waals surface area contributed by atoms with Crippen molar-refractivity contribution in [2.75, 3.05) is 11.1 Å². The molecule has 5 heteroatoms. The molecule has 2 aromatic rings. The number of nitrogens with one attached hydrogen (secondary N) is 1. The molecular formula is C20H23F2NOS. The summed E-state index contributed by atoms with van der Waals surface area (Å²) in [6.07, 6.45) is 0. The summed E-state index contributed by atoms with van der Waals surface area (Å²) in [5.41, 5.74) is 3.05. The Kier molecular flexibility index (Phi) is 6.59. The molecule has 0 aliphatic carbocycles. The number of carbonyl (C=O) groups is 1. The van der Waals surface area contributed by atoms with E-state index < -0.39 is 11.6 Å². The average molecular weight is 363 g/mol. The third kappa shape index (κ3) is 5.05. The van der Waals surface area contributed by atoms with Crippen molar-refractivity contribution in [1.82, 2.24) is 0 Å². The van der Waals surface area contributed by atoms with E-state index >= 15 is 0 Å². The van der Waals surface area contributed by atoms with Crippen LogP contribution >= 0.6 is 11.8 Å². The van der Waals surface area contributed by atoms with Gasteiger partial charge in [-0.1, -0.05) is 45.9 Å². The van der Waals surface area contributed by atoms with Gasteiger partial charge in [0, 0.05) is 10.6 Å². The summed E-state index contributed by atoms with van der Waals surface area (Å²) in [5, 5.41) is 3.01. The van der Waals surface area contributed by atoms with Crippen molar-refractivity contribution in [3.8, 4) is 0 Å². The van der Waals surface area contributed by atoms with Crippen LogP contribution in [0.2, 0.25) is 0 Å². The van der Waals surface area contributed by atoms with Crippen LogP contribution in [0, 0.1) is 11.6 Å². The van der Waals surface area contributed by atoms with Gasteiger partial charge in [0.1, 0.15) is 0 Å². The monoisotopic (exact) mass is 363 g/mol. The summed E-state index contributed by atoms with van der Waals surface area (Å²) in [6, 6.07) is 9.70. The number of carbonyl (C=O) groups excluding carboxylic acids is 1. The van der Waals surface area contributed by atoms with E-state index in [-0.39, 0.29) is 23.5 Å². The highest BCUT2D eigenvalue weighted by Gasteiger charge is 2.16. The Hall–Kier alpha value is -1.88. The number of halogens is 2. The van der Waals surface area contributed by atoms with Gasteiger partial charge in [-0.25, -0.2) is 8.78 Å². The van der Waals surface area contributed by atoms with Crippen LogP contribution in [0.1, 0.15) is 50.7 Å². The SMILES string of the molecule is CC(C)c1cccc(C(C)C)c1NC(=O)CSc1ccc(F)c(F)c1. The molecule has 0 bridgehead atoms. The van der Waals surface area contributed by atoms with E-state index in [4.69, 9.17) is 0 Å². The molecule has 0 heterocycles. The molecule has 0 unspecified atom stereocenters. The summed E-state index contributed by atoms with van der Waals surface area (Å²) in [5.74, 6) is -1.25. The molecule has 1 amide bonds. The van der Waals surface area contributed by atoms with Crippen molar-refractivity contribution < 1.29 is 13.6 Å². The molecule has 0 aromatic heterocycles. The van der Waals surface area contributed by atoms with Gasteiger partial charge in [-0.3, -0.25) is 4.79 Å². The molecule has 134 valence electrons. The first-order valence-corrected chi connectivity index (χ1v) is 9.28. The van der Waals surface area contributed by atoms with Gasteiger partial charge < -0.3 is 5.32 Å². The third-order valence-electron chi connectivity index (χ3n) is 3.90. The number of benzene rings is 2. The van der Waals surface area contributed by atoms with Crippen LogP contribution in [0.4, 0.5) is 14.5 Å². The highest BCUT2D eigenvalue weighted by atomic mass is 32.2. The minimum Gasteiger partial charge on any atom is -0.325 e. The van der Waals surface area contributed by atoms with E-state index in [0.717, 1.165) is 28.9 Å². The quantitative estimate of drug-likeness (QED) is 0.643. The molecule has 25 heavy (non-hydrogen) atoms. The van der Waals surface area contributed by atoms with E-state index in [1.165, 1.54) is 17.8 Å². The zero-order valence-corrected chi connectivity index (χ0v) is 15.7. The van der Waals surface area contributed by atoms with Gasteiger partial charge in [0.2, 0.25) is 5.91 Å². The Morgan fingerprint density at radius 2 is 1.60 bits per heavy atom. The second-order valence-corrected chi connectivity index (χ2v) is 7.58. The molecule has 0 saturated heterocycles. The molecule has 0 saturated carbocycles. The number of anilines is 1. The predicted octanol–water partition coefficient (Wildman–Crippen LogP) is 5.94. The first-order chi connectivity index (χ1) is 11.8. The average Bonchev–Trinajstić information content (AvgIpc) is 2.55. The van der Waals surface area contributed by atoms with Gasteiger partial charge in [0.05, 0.1) is 5.75 Å². The van der Waals surface area contributed by atoms with Crippen molar-refractivity contribution in [2.45, 2.75) is 44.4 Å². The molecule has 0 radical (unpaired) electrons. The zero-order chi connectivity index (χ0) is 18.6. The maximum absolute atomic E-state index is 13.2. The normalized spacial score (nSPS) is 11.2. The van der Waals surface area contributed by atoms with E-state index in [1.54, 1.807) is 0 Å². The van der Waals surface area contributed by atoms with Crippen LogP contribution in [0.15, 0.2) is 41.3 Å². The Labute approximate surface area is 152 Å². The Morgan fingerprint density at radius 3 is 2.12 bits per heavy atom. The molecule has 0 aliphatic heterocycles. The fourth-order valence-corrected chi connectivity index (χ4v) is 3.31. The van der Waals surface area contributed by atoms with Crippen molar-refractivity contribution >= 4 is 23.4 Å². The maximum atomic E-state index is 13.2. The standard InChI is InChI=1S/C20H23F2NOS/c1-12(2)15-6-5-7-16(13(3)4)20(15)23-19(24)11-25-14-8-9-17(21)18(22)10-14/h5-10,12-13H,11H2,1-4H3,(H,23,24). The van der Waals surface area contributed by atoms with Gasteiger partial charge >= 0.3 is 0 Å². The maximum Gasteiger partial charge on any atom is 0.234 e. The molecule has 0 atom stereocenters. The minimum absolute atomic E-state index is 0.134. The van der Waals surface area contributed by atoms with Crippen LogP contribution in [-0.4, -0.2) is 11.7 Å². The third-order valence-corrected chi connectivity index (χ3v) is 4.89. The van der Waals surface area contributed by atoms with E-state index in [9.17, 15) is 13.6 Å². The molecule has 0 aliphatic rings. The highest BCUT2D eigenvalue weighted by Crippen LogP contribution is 2.32. The molecule has 0 spiro atoms. The number of amides is 1. The lowest BCUT2D eigenvalue weighted by molar-refractivity contribution is -0.113. The lowest BCUT2D eigenvalue weighted by Gasteiger charge is -2.20. The van der Waals surface area contributed by atoms with Gasteiger partial charge in [-0.05, 0) is 41.2 Å². The number of para-hydroxylation sites is 1. The Balaban J connectivity index is 2.13.